The van der Waals surface area contributed by atoms with Crippen molar-refractivity contribution in [2.75, 3.05) is 18.1 Å². The second-order valence-corrected chi connectivity index (χ2v) is 10.2. The quantitative estimate of drug-likeness (QED) is 0.719. The van der Waals surface area contributed by atoms with Gasteiger partial charge in [0.25, 0.3) is 0 Å². The summed E-state index contributed by atoms with van der Waals surface area (Å²) in [6.07, 6.45) is 2.36. The zero-order valence-corrected chi connectivity index (χ0v) is 12.8. The van der Waals surface area contributed by atoms with Crippen LogP contribution in [0.25, 0.3) is 0 Å². The summed E-state index contributed by atoms with van der Waals surface area (Å²) < 4.78 is 50.1. The van der Waals surface area contributed by atoms with E-state index in [2.05, 4.69) is 4.72 Å². The van der Waals surface area contributed by atoms with Gasteiger partial charge >= 0.3 is 0 Å². The van der Waals surface area contributed by atoms with E-state index in [1.165, 1.54) is 0 Å². The fourth-order valence-electron chi connectivity index (χ4n) is 2.60. The predicted molar refractivity (Wildman–Crippen MR) is 73.9 cm³/mol. The van der Waals surface area contributed by atoms with E-state index in [0.717, 1.165) is 12.8 Å². The normalized spacial score (nSPS) is 27.9. The second kappa shape index (κ2) is 4.98. The molecule has 0 aromatic heterocycles. The maximum atomic E-state index is 12.3. The number of rotatable bonds is 5. The molecule has 1 saturated heterocycles. The Bertz CT molecular complexity index is 525. The van der Waals surface area contributed by atoms with Gasteiger partial charge in [-0.15, -0.1) is 0 Å². The lowest BCUT2D eigenvalue weighted by Gasteiger charge is -2.32. The Labute approximate surface area is 115 Å². The minimum absolute atomic E-state index is 0.0403. The van der Waals surface area contributed by atoms with Crippen molar-refractivity contribution < 1.29 is 16.8 Å². The molecule has 3 N–H and O–H groups in total. The molecule has 6 nitrogen and oxygen atoms in total. The van der Waals surface area contributed by atoms with Crippen LogP contribution in [0.4, 0.5) is 0 Å². The molecule has 112 valence electrons. The molecule has 8 heteroatoms. The first-order chi connectivity index (χ1) is 8.69. The Balaban J connectivity index is 2.06. The Morgan fingerprint density at radius 1 is 1.21 bits per heavy atom. The van der Waals surface area contributed by atoms with Crippen molar-refractivity contribution in [3.63, 3.8) is 0 Å². The lowest BCUT2D eigenvalue weighted by molar-refractivity contribution is 0.371. The molecule has 0 aromatic rings. The highest BCUT2D eigenvalue weighted by Crippen LogP contribution is 2.39. The molecule has 1 saturated carbocycles. The van der Waals surface area contributed by atoms with Crippen LogP contribution >= 0.6 is 0 Å². The smallest absolute Gasteiger partial charge is 0.215 e. The van der Waals surface area contributed by atoms with Gasteiger partial charge in [0.1, 0.15) is 9.84 Å². The van der Waals surface area contributed by atoms with Crippen LogP contribution in [0, 0.1) is 5.92 Å². The first-order valence-corrected chi connectivity index (χ1v) is 9.99. The third-order valence-corrected chi connectivity index (χ3v) is 8.03. The van der Waals surface area contributed by atoms with Crippen molar-refractivity contribution >= 4 is 19.9 Å². The third kappa shape index (κ3) is 3.48. The van der Waals surface area contributed by atoms with Crippen LogP contribution in [0.15, 0.2) is 0 Å². The van der Waals surface area contributed by atoms with E-state index < -0.39 is 30.6 Å². The van der Waals surface area contributed by atoms with E-state index in [9.17, 15) is 16.8 Å². The molecule has 1 unspecified atom stereocenters. The van der Waals surface area contributed by atoms with Crippen molar-refractivity contribution in [2.24, 2.45) is 11.7 Å². The van der Waals surface area contributed by atoms with Crippen molar-refractivity contribution in [3.8, 4) is 0 Å². The fourth-order valence-corrected chi connectivity index (χ4v) is 6.31. The topological polar surface area (TPSA) is 106 Å². The highest BCUT2D eigenvalue weighted by atomic mass is 32.2. The highest BCUT2D eigenvalue weighted by molar-refractivity contribution is 7.92. The van der Waals surface area contributed by atoms with Gasteiger partial charge in [-0.2, -0.15) is 0 Å². The summed E-state index contributed by atoms with van der Waals surface area (Å²) in [4.78, 5) is 0. The maximum Gasteiger partial charge on any atom is 0.215 e. The molecule has 1 atom stereocenters. The molecule has 2 rings (SSSR count). The molecule has 0 aromatic carbocycles. The summed E-state index contributed by atoms with van der Waals surface area (Å²) in [6.45, 7) is 2.10. The second-order valence-electron chi connectivity index (χ2n) is 5.89. The van der Waals surface area contributed by atoms with E-state index in [1.807, 2.05) is 6.92 Å². The molecule has 1 heterocycles. The SMILES string of the molecule is CC(CN)(NS(=O)(=O)C1CCS(=O)(=O)CC1)C1CC1. The number of hydrogen-bond donors (Lipinski definition) is 2. The molecule has 0 amide bonds. The number of nitrogens with one attached hydrogen (secondary N) is 1. The van der Waals surface area contributed by atoms with Gasteiger partial charge in [-0.3, -0.25) is 0 Å². The van der Waals surface area contributed by atoms with Gasteiger partial charge in [-0.05, 0) is 38.5 Å². The van der Waals surface area contributed by atoms with Crippen LogP contribution in [-0.4, -0.2) is 45.7 Å². The summed E-state index contributed by atoms with van der Waals surface area (Å²) in [5.41, 5.74) is 5.12. The molecule has 2 fully saturated rings. The molecule has 1 aliphatic heterocycles. The average molecular weight is 310 g/mol. The number of hydrogen-bond acceptors (Lipinski definition) is 5. The predicted octanol–water partition coefficient (Wildman–Crippen LogP) is -0.390. The van der Waals surface area contributed by atoms with Gasteiger partial charge in [-0.1, -0.05) is 0 Å². The van der Waals surface area contributed by atoms with Crippen LogP contribution in [-0.2, 0) is 19.9 Å². The van der Waals surface area contributed by atoms with Crippen molar-refractivity contribution in [3.05, 3.63) is 0 Å². The zero-order valence-electron chi connectivity index (χ0n) is 11.1. The molecule has 2 aliphatic rings. The number of sulfonamides is 1. The molecule has 0 radical (unpaired) electrons. The lowest BCUT2D eigenvalue weighted by atomic mass is 9.98. The minimum atomic E-state index is -3.50. The van der Waals surface area contributed by atoms with Crippen LogP contribution in [0.3, 0.4) is 0 Å². The Hall–Kier alpha value is -0.180. The largest absolute Gasteiger partial charge is 0.329 e. The lowest BCUT2D eigenvalue weighted by Crippen LogP contribution is -2.56. The Morgan fingerprint density at radius 3 is 2.16 bits per heavy atom. The van der Waals surface area contributed by atoms with Crippen LogP contribution in [0.2, 0.25) is 0 Å². The summed E-state index contributed by atoms with van der Waals surface area (Å²) in [5.74, 6) is 0.225. The third-order valence-electron chi connectivity index (χ3n) is 4.22. The van der Waals surface area contributed by atoms with E-state index in [-0.39, 0.29) is 30.9 Å². The van der Waals surface area contributed by atoms with E-state index >= 15 is 0 Å². The van der Waals surface area contributed by atoms with Gasteiger partial charge in [0.05, 0.1) is 16.8 Å². The zero-order chi connectivity index (χ0) is 14.3. The number of nitrogens with two attached hydrogens (primary N) is 1. The van der Waals surface area contributed by atoms with Crippen LogP contribution < -0.4 is 10.5 Å². The first-order valence-electron chi connectivity index (χ1n) is 6.62. The monoisotopic (exact) mass is 310 g/mol. The van der Waals surface area contributed by atoms with Crippen molar-refractivity contribution in [1.82, 2.24) is 4.72 Å². The molecular formula is C11H22N2O4S2. The maximum absolute atomic E-state index is 12.3. The highest BCUT2D eigenvalue weighted by Gasteiger charge is 2.45. The van der Waals surface area contributed by atoms with E-state index in [0.29, 0.717) is 5.92 Å². The number of sulfone groups is 1. The van der Waals surface area contributed by atoms with Crippen molar-refractivity contribution in [1.29, 1.82) is 0 Å². The first kappa shape index (κ1) is 15.2. The molecule has 0 bridgehead atoms. The summed E-state index contributed by atoms with van der Waals surface area (Å²) >= 11 is 0. The average Bonchev–Trinajstić information content (AvgIpc) is 3.11. The Morgan fingerprint density at radius 2 is 1.74 bits per heavy atom. The minimum Gasteiger partial charge on any atom is -0.329 e. The van der Waals surface area contributed by atoms with Crippen molar-refractivity contribution in [2.45, 2.75) is 43.4 Å². The Kier molecular flexibility index (Phi) is 3.99. The van der Waals surface area contributed by atoms with Gasteiger partial charge in [-0.25, -0.2) is 21.6 Å². The van der Waals surface area contributed by atoms with Gasteiger partial charge in [0, 0.05) is 12.1 Å². The fraction of sp³-hybridized carbons (Fsp3) is 1.00. The molecule has 0 spiro atoms. The van der Waals surface area contributed by atoms with Gasteiger partial charge < -0.3 is 5.73 Å². The standard InChI is InChI=1S/C11H22N2O4S2/c1-11(8-12,9-2-3-9)13-19(16,17)10-4-6-18(14,15)7-5-10/h9-10,13H,2-8,12H2,1H3. The van der Waals surface area contributed by atoms with Gasteiger partial charge in [0.15, 0.2) is 0 Å². The summed E-state index contributed by atoms with van der Waals surface area (Å²) in [7, 11) is -6.55. The van der Waals surface area contributed by atoms with E-state index in [1.54, 1.807) is 0 Å². The molecule has 1 aliphatic carbocycles. The molecule has 19 heavy (non-hydrogen) atoms. The van der Waals surface area contributed by atoms with Gasteiger partial charge in [0.2, 0.25) is 10.0 Å². The molecular weight excluding hydrogens is 288 g/mol. The summed E-state index contributed by atoms with van der Waals surface area (Å²) in [5, 5.41) is -0.611. The van der Waals surface area contributed by atoms with E-state index in [4.69, 9.17) is 5.73 Å². The van der Waals surface area contributed by atoms with Crippen LogP contribution in [0.1, 0.15) is 32.6 Å². The van der Waals surface area contributed by atoms with Crippen LogP contribution in [0.5, 0.6) is 0 Å². The summed E-state index contributed by atoms with van der Waals surface area (Å²) in [6, 6.07) is 0.